The van der Waals surface area contributed by atoms with Gasteiger partial charge in [-0.2, -0.15) is 13.0 Å². The van der Waals surface area contributed by atoms with Gasteiger partial charge in [-0.3, -0.25) is 4.55 Å². The molecule has 6 aromatic rings. The summed E-state index contributed by atoms with van der Waals surface area (Å²) in [4.78, 5) is 4.20. The molecule has 0 saturated heterocycles. The van der Waals surface area contributed by atoms with Gasteiger partial charge < -0.3 is 18.8 Å². The van der Waals surface area contributed by atoms with Crippen LogP contribution in [0.4, 0.5) is 17.1 Å². The molecular weight excluding hydrogens is 785 g/mol. The lowest BCUT2D eigenvalue weighted by Crippen LogP contribution is -2.25. The highest BCUT2D eigenvalue weighted by Crippen LogP contribution is 2.44. The number of hydrogen-bond acceptors (Lipinski definition) is 8. The maximum absolute atomic E-state index is 12.9. The van der Waals surface area contributed by atoms with Crippen LogP contribution in [0.25, 0.3) is 33.4 Å². The summed E-state index contributed by atoms with van der Waals surface area (Å²) in [7, 11) is -1.28. The monoisotopic (exact) mass is 823 g/mol. The number of hydrogen-bond donors (Lipinski definition) is 1. The van der Waals surface area contributed by atoms with Gasteiger partial charge in [-0.25, -0.2) is 0 Å². The Bertz CT molecular complexity index is 2870. The van der Waals surface area contributed by atoms with E-state index in [9.17, 15) is 13.0 Å². The van der Waals surface area contributed by atoms with Crippen LogP contribution in [0, 0.1) is 0 Å². The van der Waals surface area contributed by atoms with Gasteiger partial charge >= 0.3 is 0 Å². The van der Waals surface area contributed by atoms with E-state index in [1.165, 1.54) is 6.07 Å². The van der Waals surface area contributed by atoms with Gasteiger partial charge in [0.1, 0.15) is 22.0 Å². The van der Waals surface area contributed by atoms with Crippen LogP contribution < -0.4 is 24.3 Å². The molecule has 290 valence electrons. The van der Waals surface area contributed by atoms with Crippen molar-refractivity contribution in [3.8, 4) is 33.9 Å². The maximum atomic E-state index is 12.9. The van der Waals surface area contributed by atoms with Crippen LogP contribution in [0.15, 0.2) is 189 Å². The Labute approximate surface area is 346 Å². The number of methoxy groups -OCH3 is 2. The quantitative estimate of drug-likeness (QED) is 0.0401. The Morgan fingerprint density at radius 1 is 0.655 bits per heavy atom. The summed E-state index contributed by atoms with van der Waals surface area (Å²) in [5, 5.41) is 1.51. The molecule has 58 heavy (non-hydrogen) atoms. The Morgan fingerprint density at radius 2 is 1.29 bits per heavy atom. The van der Waals surface area contributed by atoms with Crippen LogP contribution >= 0.6 is 23.5 Å². The van der Waals surface area contributed by atoms with Gasteiger partial charge in [0, 0.05) is 55.8 Å². The van der Waals surface area contributed by atoms with E-state index < -0.39 is 10.1 Å². The second kappa shape index (κ2) is 17.3. The van der Waals surface area contributed by atoms with Crippen molar-refractivity contribution in [1.82, 2.24) is 4.58 Å². The van der Waals surface area contributed by atoms with Gasteiger partial charge in [-0.05, 0) is 66.7 Å². The first-order valence-corrected chi connectivity index (χ1v) is 21.8. The first-order chi connectivity index (χ1) is 28.3. The molecule has 0 atom stereocenters. The highest BCUT2D eigenvalue weighted by atomic mass is 32.2. The van der Waals surface area contributed by atoms with E-state index in [-0.39, 0.29) is 4.90 Å². The molecular formula is C47H39N2O6S3+. The molecule has 1 aliphatic carbocycles. The predicted octanol–water partition coefficient (Wildman–Crippen LogP) is 11.2. The molecule has 8 rings (SSSR count). The molecule has 0 aromatic heterocycles. The summed E-state index contributed by atoms with van der Waals surface area (Å²) in [5.74, 6) is 3.06. The Kier molecular flexibility index (Phi) is 11.6. The minimum absolute atomic E-state index is 0.193. The Morgan fingerprint density at radius 3 is 2.02 bits per heavy atom. The molecule has 8 nitrogen and oxygen atoms in total. The third-order valence-electron chi connectivity index (χ3n) is 9.71. The van der Waals surface area contributed by atoms with Crippen LogP contribution in [0.1, 0.15) is 0 Å². The summed E-state index contributed by atoms with van der Waals surface area (Å²) in [6.45, 7) is 0. The molecule has 2 aliphatic rings. The normalized spacial score (nSPS) is 12.1. The van der Waals surface area contributed by atoms with Crippen molar-refractivity contribution >= 4 is 61.7 Å². The second-order valence-corrected chi connectivity index (χ2v) is 16.6. The van der Waals surface area contributed by atoms with E-state index in [1.54, 1.807) is 55.9 Å². The molecule has 6 aromatic carbocycles. The Hall–Kier alpha value is -5.98. The number of ether oxygens (including phenoxy) is 2. The topological polar surface area (TPSA) is 92.2 Å². The van der Waals surface area contributed by atoms with E-state index in [0.717, 1.165) is 32.2 Å². The van der Waals surface area contributed by atoms with Crippen LogP contribution in [-0.4, -0.2) is 38.9 Å². The molecule has 1 heterocycles. The van der Waals surface area contributed by atoms with Gasteiger partial charge in [0.2, 0.25) is 11.0 Å². The van der Waals surface area contributed by atoms with Crippen LogP contribution in [0.3, 0.4) is 0 Å². The maximum Gasteiger partial charge on any atom is 0.295 e. The van der Waals surface area contributed by atoms with Gasteiger partial charge in [0.25, 0.3) is 10.1 Å². The number of rotatable bonds is 13. The molecule has 1 aliphatic heterocycles. The standard InChI is InChI=1S/C47H38N2O6S3/c1-53-42-22-12-10-20-40(42)48(31-56-35-15-5-3-6-16-35)33-25-27-37-44(29-33)55-45-30-34(26-28-38(45)47(37)39-19-9-14-24-46(39)58(50,51)52)49(32-57-36-17-7-4-8-18-36)41-21-11-13-23-43(41)54-2/h3-30H,31-32H2,1-2H3/p+1. The summed E-state index contributed by atoms with van der Waals surface area (Å²) in [5.41, 5.74) is 4.76. The summed E-state index contributed by atoms with van der Waals surface area (Å²) in [6, 6.07) is 54.5. The summed E-state index contributed by atoms with van der Waals surface area (Å²) < 4.78 is 57.0. The van der Waals surface area contributed by atoms with Crippen molar-refractivity contribution < 1.29 is 26.9 Å². The van der Waals surface area contributed by atoms with Gasteiger partial charge in [0.05, 0.1) is 31.9 Å². The Balaban J connectivity index is 1.38. The smallest absolute Gasteiger partial charge is 0.295 e. The molecule has 0 unspecified atom stereocenters. The molecule has 0 spiro atoms. The fourth-order valence-corrected chi connectivity index (χ4v) is 9.51. The summed E-state index contributed by atoms with van der Waals surface area (Å²) >= 11 is 3.37. The number of fused-ring (bicyclic) bond motifs is 2. The first kappa shape index (κ1) is 38.9. The zero-order valence-electron chi connectivity index (χ0n) is 31.7. The number of thioether (sulfide) groups is 2. The zero-order chi connectivity index (χ0) is 40.1. The van der Waals surface area contributed by atoms with E-state index in [0.29, 0.717) is 56.7 Å². The lowest BCUT2D eigenvalue weighted by molar-refractivity contribution is 0.412. The lowest BCUT2D eigenvalue weighted by Gasteiger charge is -2.27. The van der Waals surface area contributed by atoms with E-state index in [2.05, 4.69) is 33.7 Å². The van der Waals surface area contributed by atoms with Crippen molar-refractivity contribution in [3.63, 3.8) is 0 Å². The highest BCUT2D eigenvalue weighted by molar-refractivity contribution is 7.99. The van der Waals surface area contributed by atoms with Crippen molar-refractivity contribution in [2.24, 2.45) is 0 Å². The van der Waals surface area contributed by atoms with Crippen LogP contribution in [-0.2, 0) is 10.1 Å². The third-order valence-corrected chi connectivity index (χ3v) is 12.6. The average molecular weight is 824 g/mol. The molecule has 0 fully saturated rings. The second-order valence-electron chi connectivity index (χ2n) is 13.2. The van der Waals surface area contributed by atoms with E-state index >= 15 is 0 Å². The predicted molar refractivity (Wildman–Crippen MR) is 235 cm³/mol. The van der Waals surface area contributed by atoms with Crippen LogP contribution in [0.5, 0.6) is 11.5 Å². The molecule has 0 amide bonds. The fourth-order valence-electron chi connectivity index (χ4n) is 6.98. The van der Waals surface area contributed by atoms with Gasteiger partial charge in [-0.15, -0.1) is 11.8 Å². The van der Waals surface area contributed by atoms with Crippen molar-refractivity contribution in [3.05, 3.63) is 175 Å². The summed E-state index contributed by atoms with van der Waals surface area (Å²) in [6.07, 6.45) is 0. The van der Waals surface area contributed by atoms with Gasteiger partial charge in [-0.1, -0.05) is 90.6 Å². The number of para-hydroxylation sites is 4. The number of anilines is 2. The molecule has 0 saturated carbocycles. The highest BCUT2D eigenvalue weighted by Gasteiger charge is 2.26. The first-order valence-electron chi connectivity index (χ1n) is 18.4. The molecule has 0 bridgehead atoms. The number of benzene rings is 7. The lowest BCUT2D eigenvalue weighted by atomic mass is 9.93. The molecule has 1 N–H and O–H groups in total. The zero-order valence-corrected chi connectivity index (χ0v) is 34.1. The van der Waals surface area contributed by atoms with Crippen molar-refractivity contribution in [2.45, 2.75) is 14.7 Å². The van der Waals surface area contributed by atoms with Crippen molar-refractivity contribution in [1.29, 1.82) is 0 Å². The van der Waals surface area contributed by atoms with E-state index in [1.807, 2.05) is 121 Å². The largest absolute Gasteiger partial charge is 0.495 e. The third kappa shape index (κ3) is 8.21. The fraction of sp³-hybridized carbons (Fsp3) is 0.0851. The minimum Gasteiger partial charge on any atom is -0.495 e. The number of nitrogens with zero attached hydrogens (tertiary/aromatic N) is 2. The minimum atomic E-state index is -4.60. The van der Waals surface area contributed by atoms with Crippen molar-refractivity contribution in [2.75, 3.05) is 30.9 Å². The average Bonchev–Trinajstić information content (AvgIpc) is 3.26. The SMILES string of the molecule is COc1ccccc1N(CSc1ccccc1)c1ccc2c(-c3ccccc3S(=O)(=O)O)c3ccc(=[N+](CSc4ccccc4)c4ccccc4OC)cc-3oc2c1. The van der Waals surface area contributed by atoms with Crippen LogP contribution in [0.2, 0.25) is 0 Å². The van der Waals surface area contributed by atoms with Gasteiger partial charge in [0.15, 0.2) is 11.6 Å². The van der Waals surface area contributed by atoms with E-state index in [4.69, 9.17) is 13.9 Å². The molecule has 11 heteroatoms. The molecule has 0 radical (unpaired) electrons.